The number of aromatic nitrogens is 1. The second-order valence-electron chi connectivity index (χ2n) is 4.20. The quantitative estimate of drug-likeness (QED) is 0.817. The van der Waals surface area contributed by atoms with Crippen molar-refractivity contribution in [3.05, 3.63) is 30.1 Å². The summed E-state index contributed by atoms with van der Waals surface area (Å²) in [5, 5.41) is 3.58. The lowest BCUT2D eigenvalue weighted by Crippen LogP contribution is -2.45. The zero-order valence-corrected chi connectivity index (χ0v) is 9.31. The summed E-state index contributed by atoms with van der Waals surface area (Å²) < 4.78 is 5.25. The van der Waals surface area contributed by atoms with Crippen LogP contribution in [0, 0.1) is 0 Å². The first-order valence-electron chi connectivity index (χ1n) is 5.48. The molecule has 0 spiro atoms. The topological polar surface area (TPSA) is 34.1 Å². The second-order valence-corrected chi connectivity index (χ2v) is 4.20. The maximum atomic E-state index is 5.25. The molecule has 1 saturated carbocycles. The summed E-state index contributed by atoms with van der Waals surface area (Å²) in [6.07, 6.45) is 6.44. The third-order valence-electron chi connectivity index (χ3n) is 3.10. The van der Waals surface area contributed by atoms with Gasteiger partial charge >= 0.3 is 0 Å². The molecule has 82 valence electrons. The van der Waals surface area contributed by atoms with Gasteiger partial charge in [-0.15, -0.1) is 0 Å². The number of nitrogens with one attached hydrogen (secondary N) is 1. The van der Waals surface area contributed by atoms with Crippen molar-refractivity contribution in [3.63, 3.8) is 0 Å². The normalized spacial score (nSPS) is 27.1. The number of rotatable bonds is 4. The van der Waals surface area contributed by atoms with Crippen LogP contribution in [0.2, 0.25) is 0 Å². The van der Waals surface area contributed by atoms with Gasteiger partial charge in [-0.25, -0.2) is 0 Å². The van der Waals surface area contributed by atoms with E-state index in [9.17, 15) is 0 Å². The van der Waals surface area contributed by atoms with E-state index in [1.165, 1.54) is 5.56 Å². The van der Waals surface area contributed by atoms with Crippen molar-refractivity contribution in [3.8, 4) is 0 Å². The molecule has 1 fully saturated rings. The standard InChI is InChI=1S/C12H18N2O/c1-9(10-4-3-5-13-8-10)14-11-6-12(7-11)15-2/h3-5,8-9,11-12,14H,6-7H2,1-2H3/t9-,11?,12?/m1/s1. The number of hydrogen-bond donors (Lipinski definition) is 1. The molecule has 1 aliphatic carbocycles. The van der Waals surface area contributed by atoms with Gasteiger partial charge in [0.2, 0.25) is 0 Å². The van der Waals surface area contributed by atoms with Crippen molar-refractivity contribution < 1.29 is 4.74 Å². The molecule has 0 amide bonds. The van der Waals surface area contributed by atoms with E-state index in [-0.39, 0.29) is 0 Å². The largest absolute Gasteiger partial charge is 0.381 e. The van der Waals surface area contributed by atoms with Gasteiger partial charge in [0.05, 0.1) is 6.10 Å². The van der Waals surface area contributed by atoms with Crippen molar-refractivity contribution in [1.82, 2.24) is 10.3 Å². The SMILES string of the molecule is COC1CC(N[C@H](C)c2cccnc2)C1. The van der Waals surface area contributed by atoms with Crippen LogP contribution < -0.4 is 5.32 Å². The van der Waals surface area contributed by atoms with E-state index < -0.39 is 0 Å². The minimum Gasteiger partial charge on any atom is -0.381 e. The summed E-state index contributed by atoms with van der Waals surface area (Å²) in [7, 11) is 1.78. The molecule has 2 rings (SSSR count). The minimum atomic E-state index is 0.376. The van der Waals surface area contributed by atoms with Gasteiger partial charge in [0.25, 0.3) is 0 Å². The average Bonchev–Trinajstić information content (AvgIpc) is 2.23. The number of pyridine rings is 1. The second kappa shape index (κ2) is 4.73. The van der Waals surface area contributed by atoms with Crippen LogP contribution in [0.15, 0.2) is 24.5 Å². The molecule has 1 aliphatic rings. The Labute approximate surface area is 90.9 Å². The number of methoxy groups -OCH3 is 1. The molecule has 1 heterocycles. The molecule has 1 N–H and O–H groups in total. The lowest BCUT2D eigenvalue weighted by molar-refractivity contribution is 0.0147. The zero-order chi connectivity index (χ0) is 10.7. The van der Waals surface area contributed by atoms with Crippen LogP contribution >= 0.6 is 0 Å². The predicted molar refractivity (Wildman–Crippen MR) is 59.6 cm³/mol. The van der Waals surface area contributed by atoms with Gasteiger partial charge in [-0.1, -0.05) is 6.07 Å². The van der Waals surface area contributed by atoms with E-state index in [0.29, 0.717) is 18.2 Å². The van der Waals surface area contributed by atoms with Gasteiger partial charge in [-0.2, -0.15) is 0 Å². The highest BCUT2D eigenvalue weighted by Gasteiger charge is 2.29. The molecular formula is C12H18N2O. The molecule has 0 unspecified atom stereocenters. The van der Waals surface area contributed by atoms with Crippen LogP contribution in [0.5, 0.6) is 0 Å². The van der Waals surface area contributed by atoms with Crippen molar-refractivity contribution in [2.24, 2.45) is 0 Å². The van der Waals surface area contributed by atoms with Crippen LogP contribution in [0.3, 0.4) is 0 Å². The summed E-state index contributed by atoms with van der Waals surface area (Å²) in [6, 6.07) is 5.07. The molecule has 0 aromatic carbocycles. The summed E-state index contributed by atoms with van der Waals surface area (Å²) in [6.45, 7) is 2.18. The summed E-state index contributed by atoms with van der Waals surface area (Å²) in [4.78, 5) is 4.12. The Morgan fingerprint density at radius 2 is 2.33 bits per heavy atom. The van der Waals surface area contributed by atoms with Crippen LogP contribution in [0.1, 0.15) is 31.4 Å². The van der Waals surface area contributed by atoms with Crippen LogP contribution in [0.25, 0.3) is 0 Å². The fourth-order valence-corrected chi connectivity index (χ4v) is 1.98. The molecule has 0 aliphatic heterocycles. The van der Waals surface area contributed by atoms with E-state index in [4.69, 9.17) is 4.74 Å². The van der Waals surface area contributed by atoms with Crippen LogP contribution in [0.4, 0.5) is 0 Å². The molecule has 1 atom stereocenters. The summed E-state index contributed by atoms with van der Waals surface area (Å²) in [5.41, 5.74) is 1.25. The Hall–Kier alpha value is -0.930. The van der Waals surface area contributed by atoms with E-state index in [2.05, 4.69) is 23.3 Å². The smallest absolute Gasteiger partial charge is 0.0601 e. The Morgan fingerprint density at radius 1 is 1.53 bits per heavy atom. The van der Waals surface area contributed by atoms with Gasteiger partial charge in [0.1, 0.15) is 0 Å². The Bertz CT molecular complexity index is 296. The van der Waals surface area contributed by atoms with Crippen molar-refractivity contribution >= 4 is 0 Å². The highest BCUT2D eigenvalue weighted by Crippen LogP contribution is 2.25. The number of hydrogen-bond acceptors (Lipinski definition) is 3. The fourth-order valence-electron chi connectivity index (χ4n) is 1.98. The molecule has 15 heavy (non-hydrogen) atoms. The van der Waals surface area contributed by atoms with Gasteiger partial charge in [-0.3, -0.25) is 4.98 Å². The third-order valence-corrected chi connectivity index (χ3v) is 3.10. The molecule has 3 nitrogen and oxygen atoms in total. The van der Waals surface area contributed by atoms with Crippen molar-refractivity contribution in [2.45, 2.75) is 38.0 Å². The molecule has 1 aromatic rings. The highest BCUT2D eigenvalue weighted by atomic mass is 16.5. The minimum absolute atomic E-state index is 0.376. The molecule has 0 bridgehead atoms. The summed E-state index contributed by atoms with van der Waals surface area (Å²) >= 11 is 0. The first-order chi connectivity index (χ1) is 7.29. The maximum absolute atomic E-state index is 5.25. The first-order valence-corrected chi connectivity index (χ1v) is 5.48. The van der Waals surface area contributed by atoms with E-state index in [1.54, 1.807) is 13.3 Å². The zero-order valence-electron chi connectivity index (χ0n) is 9.31. The Balaban J connectivity index is 1.81. The van der Waals surface area contributed by atoms with Crippen molar-refractivity contribution in [2.75, 3.05) is 7.11 Å². The first kappa shape index (κ1) is 10.6. The van der Waals surface area contributed by atoms with E-state index in [1.807, 2.05) is 12.3 Å². The molecule has 3 heteroatoms. The van der Waals surface area contributed by atoms with Crippen molar-refractivity contribution in [1.29, 1.82) is 0 Å². The van der Waals surface area contributed by atoms with Gasteiger partial charge in [0.15, 0.2) is 0 Å². The lowest BCUT2D eigenvalue weighted by atomic mass is 9.88. The Morgan fingerprint density at radius 3 is 2.93 bits per heavy atom. The molecule has 0 saturated heterocycles. The molecular weight excluding hydrogens is 188 g/mol. The number of ether oxygens (including phenoxy) is 1. The third kappa shape index (κ3) is 2.55. The van der Waals surface area contributed by atoms with E-state index >= 15 is 0 Å². The van der Waals surface area contributed by atoms with E-state index in [0.717, 1.165) is 12.8 Å². The molecule has 0 radical (unpaired) electrons. The molecule has 1 aromatic heterocycles. The van der Waals surface area contributed by atoms with Gasteiger partial charge < -0.3 is 10.1 Å². The maximum Gasteiger partial charge on any atom is 0.0601 e. The average molecular weight is 206 g/mol. The van der Waals surface area contributed by atoms with Crippen LogP contribution in [-0.4, -0.2) is 24.2 Å². The Kier molecular flexibility index (Phi) is 3.34. The lowest BCUT2D eigenvalue weighted by Gasteiger charge is -2.36. The van der Waals surface area contributed by atoms with Gasteiger partial charge in [-0.05, 0) is 31.4 Å². The number of nitrogens with zero attached hydrogens (tertiary/aromatic N) is 1. The predicted octanol–water partition coefficient (Wildman–Crippen LogP) is 1.91. The monoisotopic (exact) mass is 206 g/mol. The van der Waals surface area contributed by atoms with Crippen LogP contribution in [-0.2, 0) is 4.74 Å². The summed E-state index contributed by atoms with van der Waals surface area (Å²) in [5.74, 6) is 0. The fraction of sp³-hybridized carbons (Fsp3) is 0.583. The van der Waals surface area contributed by atoms with Gasteiger partial charge in [0, 0.05) is 31.6 Å². The highest BCUT2D eigenvalue weighted by molar-refractivity contribution is 5.13.